The van der Waals surface area contributed by atoms with E-state index in [9.17, 15) is 0 Å². The van der Waals surface area contributed by atoms with E-state index in [1.165, 1.54) is 6.92 Å². The van der Waals surface area contributed by atoms with Crippen LogP contribution in [0, 0.1) is 0 Å². The summed E-state index contributed by atoms with van der Waals surface area (Å²) in [7, 11) is 0. The molecule has 1 atom stereocenters. The van der Waals surface area contributed by atoms with Crippen molar-refractivity contribution in [3.05, 3.63) is 0 Å². The van der Waals surface area contributed by atoms with E-state index in [0.29, 0.717) is 0 Å². The van der Waals surface area contributed by atoms with Gasteiger partial charge in [0, 0.05) is 19.6 Å². The van der Waals surface area contributed by atoms with E-state index < -0.39 is 29.3 Å². The fraction of sp³-hybridized carbons (Fsp3) is 0.667. The largest absolute Gasteiger partial charge is 3.00 e. The molecule has 0 radical (unpaired) electrons. The van der Waals surface area contributed by atoms with Crippen LogP contribution in [0.4, 0.5) is 0 Å². The van der Waals surface area contributed by atoms with Crippen molar-refractivity contribution < 1.29 is 45.0 Å². The van der Waals surface area contributed by atoms with Gasteiger partial charge >= 0.3 is 17.4 Å². The molecule has 0 aliphatic carbocycles. The summed E-state index contributed by atoms with van der Waals surface area (Å²) in [6.45, 7) is 0.00694. The van der Waals surface area contributed by atoms with Gasteiger partial charge in [-0.05, 0) is 6.92 Å². The zero-order chi connectivity index (χ0) is 18.9. The van der Waals surface area contributed by atoms with Crippen molar-refractivity contribution in [2.75, 3.05) is 19.6 Å². The predicted octanol–water partition coefficient (Wildman–Crippen LogP) is -8.05. The fourth-order valence-electron chi connectivity index (χ4n) is 0. The standard InChI is InChI=1S/C3H7ClO3.3C2H5NO2.Al/c1-2(5)3(4,6)7;3*3-1-2(4)5;/h2,5-7H,1H3;3*1,3H2,(H,4,5);/q;;;;+3/p-3. The molecule has 9 N–H and O–H groups in total. The van der Waals surface area contributed by atoms with Crippen molar-refractivity contribution in [3.63, 3.8) is 0 Å². The minimum Gasteiger partial charge on any atom is -0.549 e. The average molecular weight is 376 g/mol. The maximum atomic E-state index is 9.13. The van der Waals surface area contributed by atoms with Crippen molar-refractivity contribution in [2.45, 2.75) is 18.3 Å². The second-order valence-corrected chi connectivity index (χ2v) is 3.60. The van der Waals surface area contributed by atoms with Crippen LogP contribution < -0.4 is 32.5 Å². The molecule has 14 heteroatoms. The Kier molecular flexibility index (Phi) is 30.6. The molecule has 0 aromatic carbocycles. The SMILES string of the molecule is CC(O)C(O)(O)Cl.NCC(=O)[O-].NCC(=O)[O-].NCC(=O)[O-].[Al+3]. The third-order valence-electron chi connectivity index (χ3n) is 1.03. The number of aliphatic carboxylic acids is 3. The summed E-state index contributed by atoms with van der Waals surface area (Å²) in [6, 6.07) is 0. The van der Waals surface area contributed by atoms with E-state index in [4.69, 9.17) is 56.6 Å². The van der Waals surface area contributed by atoms with Gasteiger partial charge in [0.1, 0.15) is 6.10 Å². The summed E-state index contributed by atoms with van der Waals surface area (Å²) >= 11 is 4.73. The number of carbonyl (C=O) groups excluding carboxylic acids is 3. The van der Waals surface area contributed by atoms with Crippen LogP contribution >= 0.6 is 11.6 Å². The zero-order valence-electron chi connectivity index (χ0n) is 12.2. The number of halogens is 1. The molecule has 0 saturated carbocycles. The van der Waals surface area contributed by atoms with E-state index in [1.54, 1.807) is 0 Å². The summed E-state index contributed by atoms with van der Waals surface area (Å²) in [4.78, 5) is 27.4. The molecule has 0 aromatic heterocycles. The van der Waals surface area contributed by atoms with E-state index in [0.717, 1.165) is 0 Å². The first-order chi connectivity index (χ1) is 9.75. The van der Waals surface area contributed by atoms with Crippen molar-refractivity contribution >= 4 is 46.9 Å². The third-order valence-corrected chi connectivity index (χ3v) is 1.35. The van der Waals surface area contributed by atoms with E-state index in [2.05, 4.69) is 17.2 Å². The first kappa shape index (κ1) is 33.6. The van der Waals surface area contributed by atoms with Crippen LogP contribution in [0.5, 0.6) is 0 Å². The Morgan fingerprint density at radius 2 is 1.04 bits per heavy atom. The Morgan fingerprint density at radius 3 is 1.04 bits per heavy atom. The molecule has 23 heavy (non-hydrogen) atoms. The number of carboxylic acids is 3. The van der Waals surface area contributed by atoms with Crippen molar-refractivity contribution in [2.24, 2.45) is 17.2 Å². The number of hydrogen-bond acceptors (Lipinski definition) is 12. The maximum absolute atomic E-state index is 9.13. The minimum absolute atomic E-state index is 0. The molecule has 0 aliphatic heterocycles. The molecule has 0 heterocycles. The van der Waals surface area contributed by atoms with Gasteiger partial charge in [-0.3, -0.25) is 0 Å². The molecule has 0 amide bonds. The third kappa shape index (κ3) is 62.7. The molecular formula is C9H19AlClN3O9. The Balaban J connectivity index is -0.0000000625. The quantitative estimate of drug-likeness (QED) is 0.152. The molecule has 0 rings (SSSR count). The van der Waals surface area contributed by atoms with Gasteiger partial charge < -0.3 is 62.2 Å². The molecule has 0 fully saturated rings. The summed E-state index contributed by atoms with van der Waals surface area (Å²) in [6.07, 6.45) is -1.32. The predicted molar refractivity (Wildman–Crippen MR) is 72.6 cm³/mol. The van der Waals surface area contributed by atoms with Crippen LogP contribution in [-0.4, -0.2) is 81.6 Å². The van der Waals surface area contributed by atoms with E-state index in [1.807, 2.05) is 0 Å². The van der Waals surface area contributed by atoms with Gasteiger partial charge in [-0.25, -0.2) is 0 Å². The van der Waals surface area contributed by atoms with Crippen LogP contribution in [0.25, 0.3) is 0 Å². The Bertz CT molecular complexity index is 280. The zero-order valence-corrected chi connectivity index (χ0v) is 14.1. The summed E-state index contributed by atoms with van der Waals surface area (Å²) < 4.78 is 0. The van der Waals surface area contributed by atoms with E-state index in [-0.39, 0.29) is 37.0 Å². The Hall–Kier alpha value is -1.01. The number of alkyl halides is 1. The van der Waals surface area contributed by atoms with Crippen molar-refractivity contribution in [1.82, 2.24) is 0 Å². The molecule has 0 saturated heterocycles. The smallest absolute Gasteiger partial charge is 0.549 e. The normalized spacial score (nSPS) is 9.91. The number of nitrogens with two attached hydrogens (primary N) is 3. The topological polar surface area (TPSA) is 259 Å². The summed E-state index contributed by atoms with van der Waals surface area (Å²) in [5.74, 6) is -3.65. The molecular weight excluding hydrogens is 357 g/mol. The minimum atomic E-state index is -2.47. The van der Waals surface area contributed by atoms with Gasteiger partial charge in [-0.2, -0.15) is 0 Å². The fourth-order valence-corrected chi connectivity index (χ4v) is 0. The van der Waals surface area contributed by atoms with Crippen LogP contribution in [0.3, 0.4) is 0 Å². The van der Waals surface area contributed by atoms with Gasteiger partial charge in [0.15, 0.2) is 0 Å². The molecule has 0 aliphatic rings. The number of aliphatic hydroxyl groups is 3. The van der Waals surface area contributed by atoms with Crippen LogP contribution in [0.2, 0.25) is 0 Å². The molecule has 12 nitrogen and oxygen atoms in total. The van der Waals surface area contributed by atoms with Crippen molar-refractivity contribution in [1.29, 1.82) is 0 Å². The first-order valence-electron chi connectivity index (χ1n) is 5.27. The summed E-state index contributed by atoms with van der Waals surface area (Å²) in [5.41, 5.74) is 13.5. The van der Waals surface area contributed by atoms with Gasteiger partial charge in [0.2, 0.25) is 0 Å². The number of rotatable bonds is 4. The summed E-state index contributed by atoms with van der Waals surface area (Å²) in [5, 5.41) is 49.5. The molecule has 0 spiro atoms. The monoisotopic (exact) mass is 375 g/mol. The molecule has 134 valence electrons. The van der Waals surface area contributed by atoms with Gasteiger partial charge in [0.25, 0.3) is 5.25 Å². The average Bonchev–Trinajstić information content (AvgIpc) is 2.39. The Labute approximate surface area is 147 Å². The molecule has 1 unspecified atom stereocenters. The molecule has 0 aromatic rings. The second kappa shape index (κ2) is 21.0. The number of carbonyl (C=O) groups is 3. The number of aliphatic hydroxyl groups excluding tert-OH is 1. The van der Waals surface area contributed by atoms with Gasteiger partial charge in [0.05, 0.1) is 17.9 Å². The van der Waals surface area contributed by atoms with E-state index >= 15 is 0 Å². The van der Waals surface area contributed by atoms with Crippen LogP contribution in [-0.2, 0) is 14.4 Å². The molecule has 0 bridgehead atoms. The maximum Gasteiger partial charge on any atom is 3.00 e. The Morgan fingerprint density at radius 1 is 0.957 bits per heavy atom. The first-order valence-corrected chi connectivity index (χ1v) is 5.65. The second-order valence-electron chi connectivity index (χ2n) is 3.04. The van der Waals surface area contributed by atoms with Crippen LogP contribution in [0.1, 0.15) is 6.92 Å². The van der Waals surface area contributed by atoms with Gasteiger partial charge in [-0.1, -0.05) is 11.6 Å². The van der Waals surface area contributed by atoms with Crippen molar-refractivity contribution in [3.8, 4) is 0 Å². The number of carboxylic acid groups (broad SMARTS) is 3. The number of hydrogen-bond donors (Lipinski definition) is 6. The van der Waals surface area contributed by atoms with Gasteiger partial charge in [-0.15, -0.1) is 0 Å². The van der Waals surface area contributed by atoms with Crippen LogP contribution in [0.15, 0.2) is 0 Å².